The Balaban J connectivity index is 1.55. The second-order valence-corrected chi connectivity index (χ2v) is 7.07. The van der Waals surface area contributed by atoms with Crippen molar-refractivity contribution in [2.45, 2.75) is 64.5 Å². The van der Waals surface area contributed by atoms with Crippen molar-refractivity contribution < 1.29 is 0 Å². The van der Waals surface area contributed by atoms with Crippen molar-refractivity contribution >= 4 is 11.3 Å². The molecule has 2 aliphatic carbocycles. The van der Waals surface area contributed by atoms with E-state index in [1.54, 1.807) is 11.3 Å². The maximum atomic E-state index is 4.60. The van der Waals surface area contributed by atoms with Gasteiger partial charge in [0.2, 0.25) is 0 Å². The summed E-state index contributed by atoms with van der Waals surface area (Å²) in [6.07, 6.45) is 8.66. The zero-order valence-corrected chi connectivity index (χ0v) is 12.3. The molecule has 0 aliphatic heterocycles. The van der Waals surface area contributed by atoms with E-state index in [1.807, 2.05) is 0 Å². The van der Waals surface area contributed by atoms with Crippen molar-refractivity contribution in [3.05, 3.63) is 16.1 Å². The van der Waals surface area contributed by atoms with Crippen molar-refractivity contribution in [1.82, 2.24) is 10.3 Å². The van der Waals surface area contributed by atoms with Crippen LogP contribution < -0.4 is 5.32 Å². The van der Waals surface area contributed by atoms with E-state index in [0.29, 0.717) is 6.04 Å². The van der Waals surface area contributed by atoms with Crippen molar-refractivity contribution in [3.63, 3.8) is 0 Å². The molecule has 1 aromatic rings. The smallest absolute Gasteiger partial charge is 0.110 e. The minimum atomic E-state index is 0.423. The fraction of sp³-hybridized carbons (Fsp3) is 0.800. The van der Waals surface area contributed by atoms with E-state index in [9.17, 15) is 0 Å². The summed E-state index contributed by atoms with van der Waals surface area (Å²) in [5.41, 5.74) is 1.16. The minimum absolute atomic E-state index is 0.423. The highest BCUT2D eigenvalue weighted by atomic mass is 32.1. The van der Waals surface area contributed by atoms with Crippen LogP contribution in [0.3, 0.4) is 0 Å². The highest BCUT2D eigenvalue weighted by molar-refractivity contribution is 7.09. The molecule has 3 heteroatoms. The van der Waals surface area contributed by atoms with Crippen LogP contribution in [0.4, 0.5) is 0 Å². The Hall–Kier alpha value is -0.410. The first-order valence-corrected chi connectivity index (χ1v) is 8.28. The van der Waals surface area contributed by atoms with E-state index < -0.39 is 0 Å². The van der Waals surface area contributed by atoms with E-state index in [2.05, 4.69) is 29.5 Å². The fourth-order valence-corrected chi connectivity index (χ4v) is 4.18. The van der Waals surface area contributed by atoms with Gasteiger partial charge in [-0.1, -0.05) is 12.8 Å². The number of hydrogen-bond acceptors (Lipinski definition) is 3. The Bertz CT molecular complexity index is 397. The zero-order chi connectivity index (χ0) is 12.5. The zero-order valence-electron chi connectivity index (χ0n) is 11.5. The second kappa shape index (κ2) is 5.30. The number of nitrogens with one attached hydrogen (secondary N) is 1. The molecular weight excluding hydrogens is 240 g/mol. The summed E-state index contributed by atoms with van der Waals surface area (Å²) in [4.78, 5) is 4.60. The van der Waals surface area contributed by atoms with Gasteiger partial charge in [0.15, 0.2) is 0 Å². The van der Waals surface area contributed by atoms with E-state index in [4.69, 9.17) is 0 Å². The number of aromatic nitrogens is 1. The molecule has 2 aliphatic rings. The molecule has 100 valence electrons. The van der Waals surface area contributed by atoms with Gasteiger partial charge in [-0.25, -0.2) is 4.98 Å². The minimum Gasteiger partial charge on any atom is -0.305 e. The lowest BCUT2D eigenvalue weighted by Crippen LogP contribution is -2.36. The Morgan fingerprint density at radius 2 is 2.11 bits per heavy atom. The van der Waals surface area contributed by atoms with Crippen LogP contribution in [0, 0.1) is 18.8 Å². The molecule has 0 amide bonds. The SMILES string of the molecule is Cc1csc(C(C)NC2CCCC(C3CC3)C2)n1. The Morgan fingerprint density at radius 1 is 1.28 bits per heavy atom. The van der Waals surface area contributed by atoms with Gasteiger partial charge in [0.05, 0.1) is 6.04 Å². The third kappa shape index (κ3) is 2.94. The lowest BCUT2D eigenvalue weighted by molar-refractivity contribution is 0.249. The van der Waals surface area contributed by atoms with Crippen LogP contribution in [0.2, 0.25) is 0 Å². The average Bonchev–Trinajstić information content (AvgIpc) is 3.12. The summed E-state index contributed by atoms with van der Waals surface area (Å²) in [6, 6.07) is 1.15. The molecule has 18 heavy (non-hydrogen) atoms. The molecule has 0 spiro atoms. The molecule has 2 fully saturated rings. The van der Waals surface area contributed by atoms with E-state index in [1.165, 1.54) is 43.5 Å². The molecule has 3 rings (SSSR count). The highest BCUT2D eigenvalue weighted by Gasteiger charge is 2.34. The summed E-state index contributed by atoms with van der Waals surface area (Å²) in [6.45, 7) is 4.34. The molecule has 1 heterocycles. The van der Waals surface area contributed by atoms with Crippen LogP contribution >= 0.6 is 11.3 Å². The van der Waals surface area contributed by atoms with Crippen LogP contribution in [0.1, 0.15) is 62.2 Å². The van der Waals surface area contributed by atoms with E-state index in [0.717, 1.165) is 23.6 Å². The first kappa shape index (κ1) is 12.6. The molecule has 0 saturated heterocycles. The van der Waals surface area contributed by atoms with Gasteiger partial charge < -0.3 is 5.32 Å². The molecule has 2 nitrogen and oxygen atoms in total. The number of nitrogens with zero attached hydrogens (tertiary/aromatic N) is 1. The highest BCUT2D eigenvalue weighted by Crippen LogP contribution is 2.44. The molecule has 3 atom stereocenters. The lowest BCUT2D eigenvalue weighted by atomic mass is 9.82. The maximum Gasteiger partial charge on any atom is 0.110 e. The molecule has 0 bridgehead atoms. The predicted molar refractivity (Wildman–Crippen MR) is 76.9 cm³/mol. The molecule has 0 aromatic carbocycles. The van der Waals surface area contributed by atoms with Crippen molar-refractivity contribution in [2.75, 3.05) is 0 Å². The Morgan fingerprint density at radius 3 is 2.78 bits per heavy atom. The van der Waals surface area contributed by atoms with Gasteiger partial charge in [0.1, 0.15) is 5.01 Å². The Labute approximate surface area is 114 Å². The largest absolute Gasteiger partial charge is 0.305 e. The van der Waals surface area contributed by atoms with Crippen molar-refractivity contribution in [3.8, 4) is 0 Å². The van der Waals surface area contributed by atoms with Crippen LogP contribution in [0.15, 0.2) is 5.38 Å². The van der Waals surface area contributed by atoms with E-state index >= 15 is 0 Å². The number of thiazole rings is 1. The van der Waals surface area contributed by atoms with Gasteiger partial charge in [-0.3, -0.25) is 0 Å². The van der Waals surface area contributed by atoms with Crippen LogP contribution in [-0.4, -0.2) is 11.0 Å². The number of aryl methyl sites for hydroxylation is 1. The third-order valence-corrected chi connectivity index (χ3v) is 5.64. The standard InChI is InChI=1S/C15H24N2S/c1-10-9-18-15(16-10)11(2)17-14-5-3-4-13(8-14)12-6-7-12/h9,11-14,17H,3-8H2,1-2H3. The summed E-state index contributed by atoms with van der Waals surface area (Å²) in [5, 5.41) is 7.21. The van der Waals surface area contributed by atoms with Gasteiger partial charge in [0, 0.05) is 17.1 Å². The summed E-state index contributed by atoms with van der Waals surface area (Å²) in [5.74, 6) is 2.09. The lowest BCUT2D eigenvalue weighted by Gasteiger charge is -2.31. The first-order valence-electron chi connectivity index (χ1n) is 7.40. The van der Waals surface area contributed by atoms with Crippen LogP contribution in [0.5, 0.6) is 0 Å². The van der Waals surface area contributed by atoms with Gasteiger partial charge >= 0.3 is 0 Å². The molecule has 1 N–H and O–H groups in total. The van der Waals surface area contributed by atoms with Gasteiger partial charge in [-0.05, 0) is 51.4 Å². The van der Waals surface area contributed by atoms with Crippen LogP contribution in [0.25, 0.3) is 0 Å². The van der Waals surface area contributed by atoms with Gasteiger partial charge in [-0.2, -0.15) is 0 Å². The maximum absolute atomic E-state index is 4.60. The third-order valence-electron chi connectivity index (χ3n) is 4.50. The average molecular weight is 264 g/mol. The molecule has 2 saturated carbocycles. The second-order valence-electron chi connectivity index (χ2n) is 6.18. The van der Waals surface area contributed by atoms with Crippen molar-refractivity contribution in [1.29, 1.82) is 0 Å². The fourth-order valence-electron chi connectivity index (χ4n) is 3.37. The molecule has 0 radical (unpaired) electrons. The first-order chi connectivity index (χ1) is 8.72. The summed E-state index contributed by atoms with van der Waals surface area (Å²) in [7, 11) is 0. The molecule has 1 aromatic heterocycles. The topological polar surface area (TPSA) is 24.9 Å². The molecular formula is C15H24N2S. The van der Waals surface area contributed by atoms with E-state index in [-0.39, 0.29) is 0 Å². The van der Waals surface area contributed by atoms with Crippen molar-refractivity contribution in [2.24, 2.45) is 11.8 Å². The van der Waals surface area contributed by atoms with Gasteiger partial charge in [0.25, 0.3) is 0 Å². The number of rotatable bonds is 4. The summed E-state index contributed by atoms with van der Waals surface area (Å²) >= 11 is 1.79. The van der Waals surface area contributed by atoms with Crippen LogP contribution in [-0.2, 0) is 0 Å². The quantitative estimate of drug-likeness (QED) is 0.886. The van der Waals surface area contributed by atoms with Gasteiger partial charge in [-0.15, -0.1) is 11.3 Å². The monoisotopic (exact) mass is 264 g/mol. The normalized spacial score (nSPS) is 30.3. The number of hydrogen-bond donors (Lipinski definition) is 1. The predicted octanol–water partition coefficient (Wildman–Crippen LogP) is 4.07. The Kier molecular flexibility index (Phi) is 3.71. The molecule has 3 unspecified atom stereocenters. The summed E-state index contributed by atoms with van der Waals surface area (Å²) < 4.78 is 0.